The van der Waals surface area contributed by atoms with E-state index < -0.39 is 6.67 Å². The van der Waals surface area contributed by atoms with Crippen molar-refractivity contribution < 1.29 is 4.39 Å². The van der Waals surface area contributed by atoms with Crippen molar-refractivity contribution in [3.63, 3.8) is 0 Å². The summed E-state index contributed by atoms with van der Waals surface area (Å²) in [6.07, 6.45) is 1.65. The van der Waals surface area contributed by atoms with E-state index in [0.717, 1.165) is 3.57 Å². The number of alkyl halides is 1. The van der Waals surface area contributed by atoms with Crippen molar-refractivity contribution in [3.8, 4) is 0 Å². The number of hydrogen-bond donors (Lipinski definition) is 0. The highest BCUT2D eigenvalue weighted by molar-refractivity contribution is 14.1. The lowest BCUT2D eigenvalue weighted by Gasteiger charge is -1.93. The first-order chi connectivity index (χ1) is 4.25. The molecule has 0 aliphatic heterocycles. The first-order valence-electron chi connectivity index (χ1n) is 2.48. The number of aryl methyl sites for hydroxylation is 1. The molecule has 1 heterocycles. The smallest absolute Gasteiger partial charge is 0.132 e. The Bertz CT molecular complexity index is 189. The Labute approximate surface area is 66.2 Å². The number of rotatable bonds is 1. The molecular formula is C5H6FIN2. The number of aromatic nitrogens is 2. The van der Waals surface area contributed by atoms with Crippen LogP contribution in [-0.2, 0) is 13.7 Å². The number of hydrogen-bond acceptors (Lipinski definition) is 1. The minimum atomic E-state index is -0.436. The molecule has 0 aliphatic rings. The molecule has 0 spiro atoms. The molecule has 0 radical (unpaired) electrons. The Kier molecular flexibility index (Phi) is 2.05. The van der Waals surface area contributed by atoms with Crippen LogP contribution in [0.25, 0.3) is 0 Å². The van der Waals surface area contributed by atoms with E-state index in [1.165, 1.54) is 0 Å². The Morgan fingerprint density at radius 1 is 1.89 bits per heavy atom. The van der Waals surface area contributed by atoms with Gasteiger partial charge in [-0.2, -0.15) is 5.10 Å². The summed E-state index contributed by atoms with van der Waals surface area (Å²) in [7, 11) is 1.73. The first kappa shape index (κ1) is 6.98. The van der Waals surface area contributed by atoms with Crippen LogP contribution in [0.15, 0.2) is 6.20 Å². The molecule has 0 aliphatic carbocycles. The lowest BCUT2D eigenvalue weighted by atomic mass is 10.5. The molecule has 0 atom stereocenters. The van der Waals surface area contributed by atoms with Crippen molar-refractivity contribution in [3.05, 3.63) is 15.5 Å². The lowest BCUT2D eigenvalue weighted by molar-refractivity contribution is 0.456. The van der Waals surface area contributed by atoms with Crippen molar-refractivity contribution in [1.82, 2.24) is 9.78 Å². The zero-order valence-corrected chi connectivity index (χ0v) is 7.09. The Morgan fingerprint density at radius 3 is 2.78 bits per heavy atom. The molecule has 2 nitrogen and oxygen atoms in total. The topological polar surface area (TPSA) is 17.8 Å². The summed E-state index contributed by atoms with van der Waals surface area (Å²) < 4.78 is 14.4. The summed E-state index contributed by atoms with van der Waals surface area (Å²) in [5.74, 6) is 0. The third kappa shape index (κ3) is 1.23. The molecule has 1 rings (SSSR count). The molecule has 0 fully saturated rings. The molecule has 1 aromatic rings. The average molecular weight is 240 g/mol. The normalized spacial score (nSPS) is 10.1. The van der Waals surface area contributed by atoms with E-state index in [2.05, 4.69) is 27.7 Å². The van der Waals surface area contributed by atoms with Crippen LogP contribution in [-0.4, -0.2) is 9.78 Å². The van der Waals surface area contributed by atoms with Crippen molar-refractivity contribution >= 4 is 22.6 Å². The van der Waals surface area contributed by atoms with Gasteiger partial charge in [-0.3, -0.25) is 4.68 Å². The molecule has 1 aromatic heterocycles. The number of halogens is 2. The van der Waals surface area contributed by atoms with E-state index in [1.54, 1.807) is 17.9 Å². The first-order valence-corrected chi connectivity index (χ1v) is 3.56. The molecule has 9 heavy (non-hydrogen) atoms. The van der Waals surface area contributed by atoms with Crippen molar-refractivity contribution in [2.24, 2.45) is 7.05 Å². The Hall–Kier alpha value is -0.130. The van der Waals surface area contributed by atoms with Gasteiger partial charge in [-0.15, -0.1) is 0 Å². The van der Waals surface area contributed by atoms with Crippen molar-refractivity contribution in [2.75, 3.05) is 0 Å². The fourth-order valence-electron chi connectivity index (χ4n) is 0.586. The predicted molar refractivity (Wildman–Crippen MR) is 40.7 cm³/mol. The van der Waals surface area contributed by atoms with Crippen LogP contribution < -0.4 is 0 Å². The molecular weight excluding hydrogens is 234 g/mol. The van der Waals surface area contributed by atoms with Gasteiger partial charge in [0, 0.05) is 7.05 Å². The molecule has 4 heteroatoms. The summed E-state index contributed by atoms with van der Waals surface area (Å²) in [5.41, 5.74) is 0.649. The summed E-state index contributed by atoms with van der Waals surface area (Å²) >= 11 is 2.06. The second-order valence-corrected chi connectivity index (χ2v) is 2.86. The minimum absolute atomic E-state index is 0.436. The summed E-state index contributed by atoms with van der Waals surface area (Å²) in [6, 6.07) is 0. The highest BCUT2D eigenvalue weighted by Crippen LogP contribution is 2.10. The van der Waals surface area contributed by atoms with Crippen molar-refractivity contribution in [2.45, 2.75) is 6.67 Å². The van der Waals surface area contributed by atoms with Crippen LogP contribution in [0.4, 0.5) is 4.39 Å². The average Bonchev–Trinajstić information content (AvgIpc) is 2.12. The number of nitrogens with zero attached hydrogens (tertiary/aromatic N) is 2. The molecule has 0 N–H and O–H groups in total. The predicted octanol–water partition coefficient (Wildman–Crippen LogP) is 1.49. The third-order valence-electron chi connectivity index (χ3n) is 1.14. The van der Waals surface area contributed by atoms with Crippen LogP contribution in [0.2, 0.25) is 0 Å². The zero-order valence-electron chi connectivity index (χ0n) is 4.93. The van der Waals surface area contributed by atoms with Crippen LogP contribution in [0, 0.1) is 3.57 Å². The van der Waals surface area contributed by atoms with Gasteiger partial charge in [-0.1, -0.05) is 0 Å². The summed E-state index contributed by atoms with van der Waals surface area (Å²) in [6.45, 7) is -0.436. The molecule has 50 valence electrons. The second kappa shape index (κ2) is 2.64. The van der Waals surface area contributed by atoms with E-state index >= 15 is 0 Å². The fourth-order valence-corrected chi connectivity index (χ4v) is 1.20. The van der Waals surface area contributed by atoms with Crippen LogP contribution in [0.5, 0.6) is 0 Å². The molecule has 0 saturated heterocycles. The van der Waals surface area contributed by atoms with Gasteiger partial charge in [0.1, 0.15) is 6.67 Å². The minimum Gasteiger partial charge on any atom is -0.269 e. The Morgan fingerprint density at radius 2 is 2.56 bits per heavy atom. The van der Waals surface area contributed by atoms with E-state index in [0.29, 0.717) is 5.69 Å². The largest absolute Gasteiger partial charge is 0.269 e. The van der Waals surface area contributed by atoms with Crippen LogP contribution >= 0.6 is 22.6 Å². The summed E-state index contributed by atoms with van der Waals surface area (Å²) in [4.78, 5) is 0. The van der Waals surface area contributed by atoms with E-state index in [9.17, 15) is 4.39 Å². The second-order valence-electron chi connectivity index (χ2n) is 1.70. The van der Waals surface area contributed by atoms with Crippen LogP contribution in [0.1, 0.15) is 5.69 Å². The van der Waals surface area contributed by atoms with Crippen LogP contribution in [0.3, 0.4) is 0 Å². The third-order valence-corrected chi connectivity index (χ3v) is 2.04. The molecule has 0 amide bonds. The quantitative estimate of drug-likeness (QED) is 0.680. The van der Waals surface area contributed by atoms with E-state index in [1.807, 2.05) is 0 Å². The SMILES string of the molecule is Cn1ncc(I)c1CF. The fraction of sp³-hybridized carbons (Fsp3) is 0.400. The maximum absolute atomic E-state index is 12.0. The molecule has 0 saturated carbocycles. The maximum Gasteiger partial charge on any atom is 0.132 e. The Balaban J connectivity index is 3.07. The lowest BCUT2D eigenvalue weighted by Crippen LogP contribution is -1.95. The van der Waals surface area contributed by atoms with Gasteiger partial charge < -0.3 is 0 Å². The van der Waals surface area contributed by atoms with Gasteiger partial charge >= 0.3 is 0 Å². The monoisotopic (exact) mass is 240 g/mol. The van der Waals surface area contributed by atoms with Gasteiger partial charge in [0.15, 0.2) is 0 Å². The summed E-state index contributed by atoms with van der Waals surface area (Å²) in [5, 5.41) is 3.86. The van der Waals surface area contributed by atoms with Gasteiger partial charge in [-0.25, -0.2) is 4.39 Å². The van der Waals surface area contributed by atoms with Gasteiger partial charge in [-0.05, 0) is 22.6 Å². The maximum atomic E-state index is 12.0. The van der Waals surface area contributed by atoms with E-state index in [4.69, 9.17) is 0 Å². The zero-order chi connectivity index (χ0) is 6.85. The van der Waals surface area contributed by atoms with Gasteiger partial charge in [0.05, 0.1) is 15.5 Å². The highest BCUT2D eigenvalue weighted by Gasteiger charge is 2.02. The van der Waals surface area contributed by atoms with E-state index in [-0.39, 0.29) is 0 Å². The molecule has 0 aromatic carbocycles. The van der Waals surface area contributed by atoms with Crippen molar-refractivity contribution in [1.29, 1.82) is 0 Å². The van der Waals surface area contributed by atoms with Gasteiger partial charge in [0.25, 0.3) is 0 Å². The standard InChI is InChI=1S/C5H6FIN2/c1-9-5(2-6)4(7)3-8-9/h3H,2H2,1H3. The highest BCUT2D eigenvalue weighted by atomic mass is 127. The van der Waals surface area contributed by atoms with Gasteiger partial charge in [0.2, 0.25) is 0 Å². The molecule has 0 unspecified atom stereocenters. The molecule has 0 bridgehead atoms.